The molecule has 0 saturated carbocycles. The highest BCUT2D eigenvalue weighted by Crippen LogP contribution is 2.25. The second-order valence-electron chi connectivity index (χ2n) is 6.78. The topological polar surface area (TPSA) is 175 Å². The smallest absolute Gasteiger partial charge is 0.413 e. The number of nitrogens with one attached hydrogen (secondary N) is 2. The standard InChI is InChI=1S/C19H21N9O5/c1-10-23-15(27-33-10)7-21-17-16-12(24-18(25-17)26-19(30)32-3)6-22-28(16)8-13-14(31-2)4-11(9-29)5-20-13/h4-6,29H,7-9H2,1-3H3,(H2,21,24,25,26,30). The Kier molecular flexibility index (Phi) is 6.26. The number of pyridine rings is 1. The van der Waals surface area contributed by atoms with Crippen LogP contribution >= 0.6 is 0 Å². The van der Waals surface area contributed by atoms with Crippen molar-refractivity contribution in [1.82, 2.24) is 34.9 Å². The first kappa shape index (κ1) is 21.9. The second kappa shape index (κ2) is 9.44. The summed E-state index contributed by atoms with van der Waals surface area (Å²) < 4.78 is 16.7. The Hall–Kier alpha value is -4.33. The van der Waals surface area contributed by atoms with Gasteiger partial charge in [-0.15, -0.1) is 0 Å². The van der Waals surface area contributed by atoms with Crippen molar-refractivity contribution >= 4 is 28.9 Å². The Labute approximate surface area is 187 Å². The summed E-state index contributed by atoms with van der Waals surface area (Å²) in [5.74, 6) is 1.77. The first-order valence-electron chi connectivity index (χ1n) is 9.75. The van der Waals surface area contributed by atoms with Gasteiger partial charge in [0.1, 0.15) is 22.5 Å². The van der Waals surface area contributed by atoms with Crippen LogP contribution in [-0.4, -0.2) is 60.3 Å². The average Bonchev–Trinajstić information content (AvgIpc) is 3.43. The van der Waals surface area contributed by atoms with Gasteiger partial charge < -0.3 is 24.4 Å². The minimum Gasteiger partial charge on any atom is -0.495 e. The maximum Gasteiger partial charge on any atom is 0.413 e. The minimum absolute atomic E-state index is 0.0312. The van der Waals surface area contributed by atoms with Gasteiger partial charge in [0.25, 0.3) is 0 Å². The normalized spacial score (nSPS) is 10.9. The molecule has 0 radical (unpaired) electrons. The number of aryl methyl sites for hydroxylation is 1. The zero-order valence-corrected chi connectivity index (χ0v) is 18.1. The Balaban J connectivity index is 1.72. The monoisotopic (exact) mass is 455 g/mol. The van der Waals surface area contributed by atoms with E-state index >= 15 is 0 Å². The van der Waals surface area contributed by atoms with Crippen molar-refractivity contribution in [2.24, 2.45) is 0 Å². The lowest BCUT2D eigenvalue weighted by Gasteiger charge is -2.12. The molecule has 4 rings (SSSR count). The largest absolute Gasteiger partial charge is 0.495 e. The van der Waals surface area contributed by atoms with Gasteiger partial charge in [0.05, 0.1) is 40.1 Å². The third-order valence-corrected chi connectivity index (χ3v) is 4.56. The van der Waals surface area contributed by atoms with E-state index in [0.29, 0.717) is 45.6 Å². The fraction of sp³-hybridized carbons (Fsp3) is 0.316. The van der Waals surface area contributed by atoms with Crippen molar-refractivity contribution in [1.29, 1.82) is 0 Å². The van der Waals surface area contributed by atoms with Crippen molar-refractivity contribution in [3.05, 3.63) is 41.4 Å². The van der Waals surface area contributed by atoms with E-state index in [-0.39, 0.29) is 25.6 Å². The van der Waals surface area contributed by atoms with E-state index in [1.807, 2.05) is 0 Å². The van der Waals surface area contributed by atoms with Crippen LogP contribution in [0.1, 0.15) is 23.0 Å². The Morgan fingerprint density at radius 2 is 2.09 bits per heavy atom. The third-order valence-electron chi connectivity index (χ3n) is 4.56. The molecule has 0 spiro atoms. The van der Waals surface area contributed by atoms with Crippen molar-refractivity contribution in [3.63, 3.8) is 0 Å². The molecule has 0 bridgehead atoms. The molecule has 172 valence electrons. The molecule has 0 aliphatic rings. The summed E-state index contributed by atoms with van der Waals surface area (Å²) in [6.07, 6.45) is 2.40. The number of aliphatic hydroxyl groups excluding tert-OH is 1. The Morgan fingerprint density at radius 1 is 1.24 bits per heavy atom. The van der Waals surface area contributed by atoms with E-state index < -0.39 is 6.09 Å². The molecule has 0 aliphatic carbocycles. The number of aromatic nitrogens is 7. The van der Waals surface area contributed by atoms with Crippen LogP contribution in [0.2, 0.25) is 0 Å². The van der Waals surface area contributed by atoms with Gasteiger partial charge in [0, 0.05) is 13.1 Å². The quantitative estimate of drug-likeness (QED) is 0.347. The number of methoxy groups -OCH3 is 2. The number of anilines is 2. The summed E-state index contributed by atoms with van der Waals surface area (Å²) >= 11 is 0. The van der Waals surface area contributed by atoms with Crippen LogP contribution in [0.4, 0.5) is 16.6 Å². The zero-order chi connectivity index (χ0) is 23.4. The van der Waals surface area contributed by atoms with Crippen LogP contribution in [0.25, 0.3) is 11.0 Å². The predicted molar refractivity (Wildman–Crippen MR) is 114 cm³/mol. The zero-order valence-electron chi connectivity index (χ0n) is 18.1. The number of nitrogens with zero attached hydrogens (tertiary/aromatic N) is 7. The number of fused-ring (bicyclic) bond motifs is 1. The molecule has 1 amide bonds. The molecule has 4 aromatic rings. The first-order chi connectivity index (χ1) is 16.0. The van der Waals surface area contributed by atoms with E-state index in [4.69, 9.17) is 9.26 Å². The molecule has 0 aromatic carbocycles. The number of carbonyl (C=O) groups is 1. The van der Waals surface area contributed by atoms with Crippen molar-refractivity contribution < 1.29 is 23.9 Å². The highest BCUT2D eigenvalue weighted by Gasteiger charge is 2.18. The van der Waals surface area contributed by atoms with Crippen molar-refractivity contribution in [2.45, 2.75) is 26.6 Å². The summed E-state index contributed by atoms with van der Waals surface area (Å²) in [5, 5.41) is 23.2. The lowest BCUT2D eigenvalue weighted by atomic mass is 10.2. The molecular formula is C19H21N9O5. The molecule has 33 heavy (non-hydrogen) atoms. The van der Waals surface area contributed by atoms with E-state index in [9.17, 15) is 9.90 Å². The SMILES string of the molecule is COC(=O)Nc1nc(NCc2noc(C)n2)c2c(cnn2Cc2ncc(CO)cc2OC)n1. The summed E-state index contributed by atoms with van der Waals surface area (Å²) in [5.41, 5.74) is 2.24. The van der Waals surface area contributed by atoms with Gasteiger partial charge >= 0.3 is 6.09 Å². The first-order valence-corrected chi connectivity index (χ1v) is 9.75. The number of rotatable bonds is 8. The number of hydrogen-bond donors (Lipinski definition) is 3. The number of carbonyl (C=O) groups excluding carboxylic acids is 1. The Bertz CT molecular complexity index is 1290. The van der Waals surface area contributed by atoms with Crippen molar-refractivity contribution in [3.8, 4) is 5.75 Å². The number of hydrogen-bond acceptors (Lipinski definition) is 12. The van der Waals surface area contributed by atoms with Crippen LogP contribution in [-0.2, 0) is 24.4 Å². The fourth-order valence-electron chi connectivity index (χ4n) is 3.05. The van der Waals surface area contributed by atoms with Gasteiger partial charge in [-0.3, -0.25) is 15.0 Å². The number of aliphatic hydroxyl groups is 1. The molecule has 0 saturated heterocycles. The molecular weight excluding hydrogens is 434 g/mol. The highest BCUT2D eigenvalue weighted by molar-refractivity contribution is 5.89. The van der Waals surface area contributed by atoms with Crippen LogP contribution in [0.15, 0.2) is 23.0 Å². The van der Waals surface area contributed by atoms with Gasteiger partial charge in [-0.2, -0.15) is 15.1 Å². The molecule has 4 aromatic heterocycles. The summed E-state index contributed by atoms with van der Waals surface area (Å²) in [4.78, 5) is 28.9. The van der Waals surface area contributed by atoms with Gasteiger partial charge in [0.15, 0.2) is 11.6 Å². The Morgan fingerprint density at radius 3 is 2.79 bits per heavy atom. The summed E-state index contributed by atoms with van der Waals surface area (Å²) in [6.45, 7) is 1.98. The average molecular weight is 455 g/mol. The highest BCUT2D eigenvalue weighted by atomic mass is 16.5. The maximum absolute atomic E-state index is 11.7. The number of amides is 1. The molecule has 4 heterocycles. The molecule has 0 aliphatic heterocycles. The van der Waals surface area contributed by atoms with Crippen LogP contribution in [0.5, 0.6) is 5.75 Å². The lowest BCUT2D eigenvalue weighted by Crippen LogP contribution is -2.15. The number of ether oxygens (including phenoxy) is 2. The lowest BCUT2D eigenvalue weighted by molar-refractivity contribution is 0.186. The molecule has 0 unspecified atom stereocenters. The molecule has 14 nitrogen and oxygen atoms in total. The van der Waals surface area contributed by atoms with Crippen LogP contribution in [0, 0.1) is 6.92 Å². The molecule has 3 N–H and O–H groups in total. The van der Waals surface area contributed by atoms with E-state index in [0.717, 1.165) is 0 Å². The maximum atomic E-state index is 11.7. The summed E-state index contributed by atoms with van der Waals surface area (Å²) in [7, 11) is 2.77. The fourth-order valence-corrected chi connectivity index (χ4v) is 3.05. The second-order valence-corrected chi connectivity index (χ2v) is 6.78. The molecule has 14 heteroatoms. The van der Waals surface area contributed by atoms with Gasteiger partial charge in [0.2, 0.25) is 11.8 Å². The van der Waals surface area contributed by atoms with E-state index in [2.05, 4.69) is 45.6 Å². The van der Waals surface area contributed by atoms with E-state index in [1.54, 1.807) is 23.9 Å². The van der Waals surface area contributed by atoms with Crippen LogP contribution in [0.3, 0.4) is 0 Å². The van der Waals surface area contributed by atoms with Gasteiger partial charge in [-0.25, -0.2) is 9.78 Å². The van der Waals surface area contributed by atoms with Gasteiger partial charge in [-0.1, -0.05) is 5.16 Å². The molecule has 0 atom stereocenters. The van der Waals surface area contributed by atoms with Crippen molar-refractivity contribution in [2.75, 3.05) is 24.9 Å². The molecule has 0 fully saturated rings. The van der Waals surface area contributed by atoms with E-state index in [1.165, 1.54) is 20.4 Å². The van der Waals surface area contributed by atoms with Crippen LogP contribution < -0.4 is 15.4 Å². The predicted octanol–water partition coefficient (Wildman–Crippen LogP) is 1.25. The van der Waals surface area contributed by atoms with Gasteiger partial charge in [-0.05, 0) is 11.6 Å². The third kappa shape index (κ3) is 4.79. The summed E-state index contributed by atoms with van der Waals surface area (Å²) in [6, 6.07) is 1.71. The minimum atomic E-state index is -0.709.